The van der Waals surface area contributed by atoms with E-state index in [4.69, 9.17) is 5.73 Å². The molecule has 1 rings (SSSR count). The molecule has 0 aromatic carbocycles. The monoisotopic (exact) mass is 247 g/mol. The summed E-state index contributed by atoms with van der Waals surface area (Å²) in [6, 6.07) is -0.602. The van der Waals surface area contributed by atoms with Crippen LogP contribution >= 0.6 is 0 Å². The molecule has 1 aliphatic rings. The van der Waals surface area contributed by atoms with E-state index in [2.05, 4.69) is 0 Å². The highest BCUT2D eigenvalue weighted by Crippen LogP contribution is 2.27. The molecule has 1 unspecified atom stereocenters. The van der Waals surface area contributed by atoms with E-state index in [1.807, 2.05) is 0 Å². The molecule has 4 nitrogen and oxygen atoms in total. The van der Waals surface area contributed by atoms with Crippen LogP contribution in [0.15, 0.2) is 0 Å². The lowest BCUT2D eigenvalue weighted by molar-refractivity contribution is -0.121. The Kier molecular flexibility index (Phi) is 4.92. The molecule has 0 bridgehead atoms. The van der Waals surface area contributed by atoms with Gasteiger partial charge >= 0.3 is 0 Å². The van der Waals surface area contributed by atoms with Crippen molar-refractivity contribution in [2.75, 3.05) is 12.0 Å². The minimum Gasteiger partial charge on any atom is -0.321 e. The number of carbonyl (C=O) groups excluding carboxylic acids is 1. The van der Waals surface area contributed by atoms with E-state index < -0.39 is 15.9 Å². The summed E-state index contributed by atoms with van der Waals surface area (Å²) in [7, 11) is -3.01. The van der Waals surface area contributed by atoms with Crippen molar-refractivity contribution >= 4 is 15.6 Å². The van der Waals surface area contributed by atoms with Crippen LogP contribution in [0.5, 0.6) is 0 Å². The zero-order valence-corrected chi connectivity index (χ0v) is 10.6. The maximum Gasteiger partial charge on any atom is 0.149 e. The number of ketones is 1. The molecule has 1 atom stereocenters. The zero-order chi connectivity index (χ0) is 12.2. The molecule has 94 valence electrons. The fourth-order valence-corrected chi connectivity index (χ4v) is 2.83. The summed E-state index contributed by atoms with van der Waals surface area (Å²) in [4.78, 5) is 11.7. The molecule has 0 heterocycles. The minimum absolute atomic E-state index is 0.00454. The van der Waals surface area contributed by atoms with Gasteiger partial charge in [0.2, 0.25) is 0 Å². The lowest BCUT2D eigenvalue weighted by Crippen LogP contribution is -2.33. The Bertz CT molecular complexity index is 331. The standard InChI is InChI=1S/C11H21NO3S/c1-16(14,15)7-6-10(12)11(13)8-9-4-2-3-5-9/h9-10H,2-8,12H2,1H3. The van der Waals surface area contributed by atoms with Crippen LogP contribution in [-0.2, 0) is 14.6 Å². The number of carbonyl (C=O) groups is 1. The van der Waals surface area contributed by atoms with Crippen molar-refractivity contribution in [3.63, 3.8) is 0 Å². The van der Waals surface area contributed by atoms with Gasteiger partial charge in [0, 0.05) is 12.7 Å². The predicted molar refractivity (Wildman–Crippen MR) is 63.9 cm³/mol. The van der Waals surface area contributed by atoms with Gasteiger partial charge in [-0.05, 0) is 12.3 Å². The van der Waals surface area contributed by atoms with Gasteiger partial charge < -0.3 is 5.73 Å². The highest BCUT2D eigenvalue weighted by atomic mass is 32.2. The molecule has 1 aliphatic carbocycles. The molecule has 5 heteroatoms. The lowest BCUT2D eigenvalue weighted by atomic mass is 9.97. The Morgan fingerprint density at radius 3 is 2.44 bits per heavy atom. The van der Waals surface area contributed by atoms with Crippen LogP contribution in [0.3, 0.4) is 0 Å². The molecule has 0 saturated heterocycles. The maximum absolute atomic E-state index is 11.7. The van der Waals surface area contributed by atoms with Crippen LogP contribution in [0.1, 0.15) is 38.5 Å². The van der Waals surface area contributed by atoms with E-state index in [0.717, 1.165) is 12.8 Å². The summed E-state index contributed by atoms with van der Waals surface area (Å²) in [6.45, 7) is 0. The topological polar surface area (TPSA) is 77.2 Å². The average molecular weight is 247 g/mol. The van der Waals surface area contributed by atoms with Crippen LogP contribution < -0.4 is 5.73 Å². The van der Waals surface area contributed by atoms with Crippen molar-refractivity contribution in [2.45, 2.75) is 44.6 Å². The Morgan fingerprint density at radius 1 is 1.38 bits per heavy atom. The van der Waals surface area contributed by atoms with Crippen molar-refractivity contribution < 1.29 is 13.2 Å². The fraction of sp³-hybridized carbons (Fsp3) is 0.909. The van der Waals surface area contributed by atoms with Gasteiger partial charge in [-0.3, -0.25) is 4.79 Å². The van der Waals surface area contributed by atoms with Gasteiger partial charge in [0.05, 0.1) is 11.8 Å². The summed E-state index contributed by atoms with van der Waals surface area (Å²) < 4.78 is 21.9. The van der Waals surface area contributed by atoms with Crippen molar-refractivity contribution in [3.05, 3.63) is 0 Å². The van der Waals surface area contributed by atoms with E-state index in [1.165, 1.54) is 19.1 Å². The largest absolute Gasteiger partial charge is 0.321 e. The SMILES string of the molecule is CS(=O)(=O)CCC(N)C(=O)CC1CCCC1. The zero-order valence-electron chi connectivity index (χ0n) is 9.81. The number of hydrogen-bond acceptors (Lipinski definition) is 4. The molecule has 1 saturated carbocycles. The Morgan fingerprint density at radius 2 is 1.94 bits per heavy atom. The van der Waals surface area contributed by atoms with Gasteiger partial charge in [-0.1, -0.05) is 25.7 Å². The highest BCUT2D eigenvalue weighted by molar-refractivity contribution is 7.90. The van der Waals surface area contributed by atoms with Crippen molar-refractivity contribution in [3.8, 4) is 0 Å². The van der Waals surface area contributed by atoms with Crippen LogP contribution in [0.2, 0.25) is 0 Å². The number of hydrogen-bond donors (Lipinski definition) is 1. The second-order valence-electron chi connectivity index (χ2n) is 4.85. The molecule has 0 aliphatic heterocycles. The predicted octanol–water partition coefficient (Wildman–Crippen LogP) is 0.898. The van der Waals surface area contributed by atoms with Gasteiger partial charge in [-0.15, -0.1) is 0 Å². The van der Waals surface area contributed by atoms with Crippen molar-refractivity contribution in [1.82, 2.24) is 0 Å². The molecule has 0 spiro atoms. The summed E-state index contributed by atoms with van der Waals surface area (Å²) >= 11 is 0. The van der Waals surface area contributed by atoms with E-state index in [1.54, 1.807) is 0 Å². The van der Waals surface area contributed by atoms with E-state index in [0.29, 0.717) is 12.3 Å². The minimum atomic E-state index is -3.01. The molecule has 16 heavy (non-hydrogen) atoms. The quantitative estimate of drug-likeness (QED) is 0.756. The molecular weight excluding hydrogens is 226 g/mol. The second-order valence-corrected chi connectivity index (χ2v) is 7.11. The third-order valence-corrected chi connectivity index (χ3v) is 4.16. The van der Waals surface area contributed by atoms with Crippen LogP contribution in [-0.4, -0.2) is 32.3 Å². The van der Waals surface area contributed by atoms with Gasteiger partial charge in [0.1, 0.15) is 15.6 Å². The van der Waals surface area contributed by atoms with E-state index in [-0.39, 0.29) is 18.0 Å². The third kappa shape index (κ3) is 5.07. The molecule has 0 aromatic rings. The normalized spacial score (nSPS) is 19.9. The first kappa shape index (κ1) is 13.6. The summed E-state index contributed by atoms with van der Waals surface area (Å²) in [6.07, 6.45) is 6.60. The van der Waals surface area contributed by atoms with Crippen LogP contribution in [0, 0.1) is 5.92 Å². The second kappa shape index (κ2) is 5.77. The summed E-state index contributed by atoms with van der Waals surface area (Å²) in [5.74, 6) is 0.511. The lowest BCUT2D eigenvalue weighted by Gasteiger charge is -2.13. The molecular formula is C11H21NO3S. The van der Waals surface area contributed by atoms with Gasteiger partial charge in [0.25, 0.3) is 0 Å². The molecule has 2 N–H and O–H groups in total. The highest BCUT2D eigenvalue weighted by Gasteiger charge is 2.22. The third-order valence-electron chi connectivity index (χ3n) is 3.18. The fourth-order valence-electron chi connectivity index (χ4n) is 2.15. The first-order valence-electron chi connectivity index (χ1n) is 5.84. The Hall–Kier alpha value is -0.420. The van der Waals surface area contributed by atoms with Gasteiger partial charge in [0.15, 0.2) is 0 Å². The average Bonchev–Trinajstić information content (AvgIpc) is 2.65. The first-order valence-corrected chi connectivity index (χ1v) is 7.90. The number of sulfone groups is 1. The van der Waals surface area contributed by atoms with Gasteiger partial charge in [-0.2, -0.15) is 0 Å². The maximum atomic E-state index is 11.7. The van der Waals surface area contributed by atoms with E-state index in [9.17, 15) is 13.2 Å². The Labute approximate surface area is 97.5 Å². The van der Waals surface area contributed by atoms with Crippen LogP contribution in [0.25, 0.3) is 0 Å². The molecule has 0 amide bonds. The van der Waals surface area contributed by atoms with Gasteiger partial charge in [-0.25, -0.2) is 8.42 Å². The van der Waals surface area contributed by atoms with E-state index >= 15 is 0 Å². The Balaban J connectivity index is 2.29. The smallest absolute Gasteiger partial charge is 0.149 e. The molecule has 0 aromatic heterocycles. The first-order chi connectivity index (χ1) is 7.38. The molecule has 0 radical (unpaired) electrons. The summed E-state index contributed by atoms with van der Waals surface area (Å²) in [5, 5.41) is 0. The number of Topliss-reactive ketones (excluding diaryl/α,β-unsaturated/α-hetero) is 1. The number of nitrogens with two attached hydrogens (primary N) is 1. The van der Waals surface area contributed by atoms with Crippen molar-refractivity contribution in [1.29, 1.82) is 0 Å². The van der Waals surface area contributed by atoms with Crippen LogP contribution in [0.4, 0.5) is 0 Å². The molecule has 1 fully saturated rings. The number of rotatable bonds is 6. The summed E-state index contributed by atoms with van der Waals surface area (Å²) in [5.41, 5.74) is 5.69. The van der Waals surface area contributed by atoms with Crippen molar-refractivity contribution in [2.24, 2.45) is 11.7 Å².